The Labute approximate surface area is 82.5 Å². The summed E-state index contributed by atoms with van der Waals surface area (Å²) in [4.78, 5) is 4.25. The Balaban J connectivity index is 2.46. The van der Waals surface area contributed by atoms with Gasteiger partial charge in [-0.3, -0.25) is 4.98 Å². The molecule has 1 aromatic carbocycles. The number of hydrogen-bond acceptors (Lipinski definition) is 2. The van der Waals surface area contributed by atoms with E-state index in [1.54, 1.807) is 12.3 Å². The molecule has 0 radical (unpaired) electrons. The molecule has 0 unspecified atom stereocenters. The number of benzene rings is 1. The number of hydrogen-bond donors (Lipinski definition) is 1. The van der Waals surface area contributed by atoms with Crippen LogP contribution in [-0.2, 0) is 0 Å². The van der Waals surface area contributed by atoms with Crippen molar-refractivity contribution in [1.29, 1.82) is 0 Å². The Kier molecular flexibility index (Phi) is 2.56. The van der Waals surface area contributed by atoms with Crippen LogP contribution in [0.25, 0.3) is 17.0 Å². The van der Waals surface area contributed by atoms with Crippen LogP contribution in [0.15, 0.2) is 42.6 Å². The molecule has 2 nitrogen and oxygen atoms in total. The third-order valence-electron chi connectivity index (χ3n) is 2.05. The van der Waals surface area contributed by atoms with Crippen LogP contribution in [0.3, 0.4) is 0 Å². The number of aliphatic hydroxyl groups is 1. The summed E-state index contributed by atoms with van der Waals surface area (Å²) in [5.41, 5.74) is 2.04. The number of aromatic nitrogens is 1. The van der Waals surface area contributed by atoms with Crippen LogP contribution in [0, 0.1) is 0 Å². The number of nitrogens with zero attached hydrogens (tertiary/aromatic N) is 1. The Morgan fingerprint density at radius 3 is 3.07 bits per heavy atom. The summed E-state index contributed by atoms with van der Waals surface area (Å²) in [6.45, 7) is 0.0697. The summed E-state index contributed by atoms with van der Waals surface area (Å²) in [5.74, 6) is 0. The molecule has 1 N–H and O–H groups in total. The average molecular weight is 185 g/mol. The Morgan fingerprint density at radius 1 is 1.29 bits per heavy atom. The molecular formula is C12H11NO. The Bertz CT molecular complexity index is 463. The fourth-order valence-corrected chi connectivity index (χ4v) is 1.38. The smallest absolute Gasteiger partial charge is 0.0707 e. The van der Waals surface area contributed by atoms with Gasteiger partial charge in [0, 0.05) is 11.6 Å². The zero-order valence-electron chi connectivity index (χ0n) is 7.72. The first kappa shape index (κ1) is 8.91. The van der Waals surface area contributed by atoms with Crippen molar-refractivity contribution in [3.05, 3.63) is 48.2 Å². The molecule has 0 bridgehead atoms. The van der Waals surface area contributed by atoms with Crippen LogP contribution < -0.4 is 0 Å². The molecule has 14 heavy (non-hydrogen) atoms. The second kappa shape index (κ2) is 4.03. The highest BCUT2D eigenvalue weighted by atomic mass is 16.2. The van der Waals surface area contributed by atoms with Crippen molar-refractivity contribution in [1.82, 2.24) is 4.98 Å². The zero-order valence-corrected chi connectivity index (χ0v) is 7.72. The molecule has 0 amide bonds. The van der Waals surface area contributed by atoms with Gasteiger partial charge < -0.3 is 5.11 Å². The van der Waals surface area contributed by atoms with E-state index in [0.717, 1.165) is 16.5 Å². The molecule has 0 spiro atoms. The maximum absolute atomic E-state index is 8.64. The minimum absolute atomic E-state index is 0.0697. The predicted octanol–water partition coefficient (Wildman–Crippen LogP) is 2.24. The fourth-order valence-electron chi connectivity index (χ4n) is 1.38. The summed E-state index contributed by atoms with van der Waals surface area (Å²) >= 11 is 0. The number of aliphatic hydroxyl groups excluding tert-OH is 1. The average Bonchev–Trinajstić information content (AvgIpc) is 2.26. The van der Waals surface area contributed by atoms with Gasteiger partial charge in [0.2, 0.25) is 0 Å². The van der Waals surface area contributed by atoms with E-state index in [9.17, 15) is 0 Å². The third-order valence-corrected chi connectivity index (χ3v) is 2.05. The zero-order chi connectivity index (χ0) is 9.80. The van der Waals surface area contributed by atoms with Gasteiger partial charge >= 0.3 is 0 Å². The molecule has 2 aromatic rings. The van der Waals surface area contributed by atoms with E-state index in [4.69, 9.17) is 5.11 Å². The van der Waals surface area contributed by atoms with Crippen molar-refractivity contribution in [2.24, 2.45) is 0 Å². The van der Waals surface area contributed by atoms with Gasteiger partial charge in [-0.2, -0.15) is 0 Å². The topological polar surface area (TPSA) is 33.1 Å². The SMILES string of the molecule is OC/C=C/c1ccc2cccnc2c1. The lowest BCUT2D eigenvalue weighted by Crippen LogP contribution is -1.79. The van der Waals surface area contributed by atoms with E-state index >= 15 is 0 Å². The van der Waals surface area contributed by atoms with E-state index in [0.29, 0.717) is 0 Å². The highest BCUT2D eigenvalue weighted by molar-refractivity contribution is 5.80. The van der Waals surface area contributed by atoms with Crippen molar-refractivity contribution in [2.45, 2.75) is 0 Å². The maximum Gasteiger partial charge on any atom is 0.0707 e. The molecule has 1 aromatic heterocycles. The van der Waals surface area contributed by atoms with Crippen LogP contribution in [0.5, 0.6) is 0 Å². The molecule has 0 saturated heterocycles. The number of pyridine rings is 1. The molecule has 2 rings (SSSR count). The first-order chi connectivity index (χ1) is 6.90. The molecule has 0 aliphatic rings. The van der Waals surface area contributed by atoms with E-state index in [2.05, 4.69) is 4.98 Å². The van der Waals surface area contributed by atoms with Gasteiger partial charge in [0.1, 0.15) is 0 Å². The van der Waals surface area contributed by atoms with Crippen molar-refractivity contribution in [2.75, 3.05) is 6.61 Å². The highest BCUT2D eigenvalue weighted by Crippen LogP contribution is 2.13. The van der Waals surface area contributed by atoms with Crippen molar-refractivity contribution < 1.29 is 5.11 Å². The number of fused-ring (bicyclic) bond motifs is 1. The molecule has 1 heterocycles. The van der Waals surface area contributed by atoms with Crippen LogP contribution in [0.2, 0.25) is 0 Å². The minimum Gasteiger partial charge on any atom is -0.392 e. The van der Waals surface area contributed by atoms with Gasteiger partial charge in [-0.15, -0.1) is 0 Å². The largest absolute Gasteiger partial charge is 0.392 e. The minimum atomic E-state index is 0.0697. The molecule has 0 fully saturated rings. The summed E-state index contributed by atoms with van der Waals surface area (Å²) < 4.78 is 0. The van der Waals surface area contributed by atoms with Crippen LogP contribution in [-0.4, -0.2) is 16.7 Å². The van der Waals surface area contributed by atoms with E-state index < -0.39 is 0 Å². The van der Waals surface area contributed by atoms with Gasteiger partial charge in [0.05, 0.1) is 12.1 Å². The van der Waals surface area contributed by atoms with E-state index in [1.165, 1.54) is 0 Å². The Hall–Kier alpha value is -1.67. The summed E-state index contributed by atoms with van der Waals surface area (Å²) in [6, 6.07) is 9.99. The van der Waals surface area contributed by atoms with Crippen molar-refractivity contribution in [3.8, 4) is 0 Å². The lowest BCUT2D eigenvalue weighted by atomic mass is 10.1. The van der Waals surface area contributed by atoms with Crippen molar-refractivity contribution >= 4 is 17.0 Å². The lowest BCUT2D eigenvalue weighted by molar-refractivity contribution is 0.343. The quantitative estimate of drug-likeness (QED) is 0.778. The predicted molar refractivity (Wildman–Crippen MR) is 57.9 cm³/mol. The first-order valence-corrected chi connectivity index (χ1v) is 4.52. The van der Waals surface area contributed by atoms with Gasteiger partial charge in [0.25, 0.3) is 0 Å². The highest BCUT2D eigenvalue weighted by Gasteiger charge is 1.93. The van der Waals surface area contributed by atoms with Crippen molar-refractivity contribution in [3.63, 3.8) is 0 Å². The fraction of sp³-hybridized carbons (Fsp3) is 0.0833. The lowest BCUT2D eigenvalue weighted by Gasteiger charge is -1.97. The second-order valence-corrected chi connectivity index (χ2v) is 3.04. The molecule has 0 atom stereocenters. The first-order valence-electron chi connectivity index (χ1n) is 4.52. The maximum atomic E-state index is 8.64. The van der Waals surface area contributed by atoms with E-state index in [1.807, 2.05) is 36.4 Å². The molecule has 0 aliphatic carbocycles. The molecule has 2 heteroatoms. The van der Waals surface area contributed by atoms with Crippen LogP contribution >= 0.6 is 0 Å². The van der Waals surface area contributed by atoms with Gasteiger partial charge in [-0.25, -0.2) is 0 Å². The standard InChI is InChI=1S/C12H11NO/c14-8-2-3-10-5-6-11-4-1-7-13-12(11)9-10/h1-7,9,14H,8H2/b3-2+. The normalized spacial score (nSPS) is 11.2. The summed E-state index contributed by atoms with van der Waals surface area (Å²) in [6.07, 6.45) is 5.38. The summed E-state index contributed by atoms with van der Waals surface area (Å²) in [5, 5.41) is 9.77. The van der Waals surface area contributed by atoms with Crippen LogP contribution in [0.1, 0.15) is 5.56 Å². The Morgan fingerprint density at radius 2 is 2.21 bits per heavy atom. The number of rotatable bonds is 2. The third kappa shape index (κ3) is 1.80. The second-order valence-electron chi connectivity index (χ2n) is 3.04. The molecule has 0 aliphatic heterocycles. The van der Waals surface area contributed by atoms with Gasteiger partial charge in [-0.1, -0.05) is 30.4 Å². The monoisotopic (exact) mass is 185 g/mol. The molecular weight excluding hydrogens is 174 g/mol. The summed E-state index contributed by atoms with van der Waals surface area (Å²) in [7, 11) is 0. The molecule has 0 saturated carbocycles. The van der Waals surface area contributed by atoms with Gasteiger partial charge in [0.15, 0.2) is 0 Å². The van der Waals surface area contributed by atoms with Gasteiger partial charge in [-0.05, 0) is 17.7 Å². The molecule has 70 valence electrons. The van der Waals surface area contributed by atoms with E-state index in [-0.39, 0.29) is 6.61 Å². The van der Waals surface area contributed by atoms with Crippen LogP contribution in [0.4, 0.5) is 0 Å².